The molecule has 202 valence electrons. The fraction of sp³-hybridized carbons (Fsp3) is 0.500. The first-order chi connectivity index (χ1) is 17.3. The lowest BCUT2D eigenvalue weighted by atomic mass is 9.97. The van der Waals surface area contributed by atoms with Gasteiger partial charge in [0.1, 0.15) is 5.82 Å². The molecule has 1 aromatic heterocycles. The number of carbonyl (C=O) groups is 1. The van der Waals surface area contributed by atoms with Crippen LogP contribution in [0.1, 0.15) is 64.6 Å². The van der Waals surface area contributed by atoms with Crippen molar-refractivity contribution in [1.82, 2.24) is 9.97 Å². The molecule has 0 saturated carbocycles. The minimum Gasteiger partial charge on any atom is -0.469 e. The number of nitrogens with zero attached hydrogens (tertiary/aromatic N) is 2. The number of nitrogens with one attached hydrogen (secondary N) is 1. The average molecular weight is 536 g/mol. The highest BCUT2D eigenvalue weighted by atomic mass is 32.2. The van der Waals surface area contributed by atoms with Crippen LogP contribution in [0.5, 0.6) is 0 Å². The zero-order chi connectivity index (χ0) is 27.4. The Bertz CT molecular complexity index is 1250. The van der Waals surface area contributed by atoms with Crippen molar-refractivity contribution in [3.8, 4) is 11.3 Å². The van der Waals surface area contributed by atoms with Crippen molar-refractivity contribution >= 4 is 28.0 Å². The van der Waals surface area contributed by atoms with Crippen molar-refractivity contribution in [2.24, 2.45) is 0 Å². The summed E-state index contributed by atoms with van der Waals surface area (Å²) in [5, 5.41) is 0. The largest absolute Gasteiger partial charge is 0.469 e. The molecule has 1 aromatic carbocycles. The van der Waals surface area contributed by atoms with Crippen LogP contribution >= 0.6 is 0 Å². The summed E-state index contributed by atoms with van der Waals surface area (Å²) in [6.45, 7) is 8.95. The molecule has 0 unspecified atom stereocenters. The molecule has 1 fully saturated rings. The maximum atomic E-state index is 13.7. The Labute approximate surface area is 217 Å². The van der Waals surface area contributed by atoms with Gasteiger partial charge >= 0.3 is 5.97 Å². The van der Waals surface area contributed by atoms with Crippen LogP contribution in [-0.4, -0.2) is 55.2 Å². The van der Waals surface area contributed by atoms with Gasteiger partial charge in [-0.2, -0.15) is 0 Å². The van der Waals surface area contributed by atoms with Crippen molar-refractivity contribution in [2.75, 3.05) is 17.6 Å². The first kappa shape index (κ1) is 28.7. The molecule has 0 aliphatic carbocycles. The van der Waals surface area contributed by atoms with E-state index >= 15 is 0 Å². The lowest BCUT2D eigenvalue weighted by molar-refractivity contribution is -0.290. The number of ether oxygens (including phenoxy) is 3. The molecule has 9 nitrogen and oxygen atoms in total. The van der Waals surface area contributed by atoms with Crippen molar-refractivity contribution in [3.63, 3.8) is 0 Å². The number of methoxy groups -OCH3 is 1. The molecule has 1 N–H and O–H groups in total. The van der Waals surface area contributed by atoms with Crippen molar-refractivity contribution in [1.29, 1.82) is 0 Å². The highest BCUT2D eigenvalue weighted by molar-refractivity contribution is 7.92. The van der Waals surface area contributed by atoms with Gasteiger partial charge in [0.25, 0.3) is 0 Å². The van der Waals surface area contributed by atoms with Crippen molar-refractivity contribution in [3.05, 3.63) is 47.4 Å². The van der Waals surface area contributed by atoms with E-state index in [9.17, 15) is 17.6 Å². The van der Waals surface area contributed by atoms with Gasteiger partial charge in [-0.1, -0.05) is 26.0 Å². The van der Waals surface area contributed by atoms with Gasteiger partial charge in [0.15, 0.2) is 5.79 Å². The van der Waals surface area contributed by atoms with E-state index in [0.717, 1.165) is 0 Å². The number of benzene rings is 1. The number of anilines is 1. The predicted octanol–water partition coefficient (Wildman–Crippen LogP) is 4.65. The topological polar surface area (TPSA) is 117 Å². The standard InChI is InChI=1S/C26H34FN3O6S/c1-7-37(32,33)30-25-28-23(16(2)3)21(24(29-25)17-8-10-18(27)11-9-17)13-12-19-14-20(15-22(31)34-6)36-26(4,5)35-19/h8-13,16,19-20H,7,14-15H2,1-6H3,(H,28,29,30)/b13-12+/t19-,20-/m1/s1. The van der Waals surface area contributed by atoms with Gasteiger partial charge in [0.2, 0.25) is 16.0 Å². The molecule has 0 spiro atoms. The van der Waals surface area contributed by atoms with Crippen LogP contribution in [-0.2, 0) is 29.0 Å². The summed E-state index contributed by atoms with van der Waals surface area (Å²) in [5.41, 5.74) is 2.30. The monoisotopic (exact) mass is 535 g/mol. The van der Waals surface area contributed by atoms with E-state index in [4.69, 9.17) is 14.2 Å². The van der Waals surface area contributed by atoms with Crippen LogP contribution in [0.3, 0.4) is 0 Å². The summed E-state index contributed by atoms with van der Waals surface area (Å²) < 4.78 is 57.3. The Morgan fingerprint density at radius 1 is 1.24 bits per heavy atom. The molecule has 11 heteroatoms. The third kappa shape index (κ3) is 7.80. The maximum Gasteiger partial charge on any atom is 0.308 e. The molecule has 0 amide bonds. The minimum atomic E-state index is -3.62. The van der Waals surface area contributed by atoms with Gasteiger partial charge in [-0.25, -0.2) is 22.8 Å². The summed E-state index contributed by atoms with van der Waals surface area (Å²) in [6.07, 6.45) is 3.41. The number of carbonyl (C=O) groups excluding carboxylic acids is 1. The summed E-state index contributed by atoms with van der Waals surface area (Å²) in [7, 11) is -2.29. The summed E-state index contributed by atoms with van der Waals surface area (Å²) in [6, 6.07) is 5.80. The van der Waals surface area contributed by atoms with Gasteiger partial charge in [0, 0.05) is 17.5 Å². The smallest absolute Gasteiger partial charge is 0.308 e. The van der Waals surface area contributed by atoms with E-state index in [-0.39, 0.29) is 30.0 Å². The molecule has 2 heterocycles. The SMILES string of the molecule is CCS(=O)(=O)Nc1nc(-c2ccc(F)cc2)c(/C=C/[C@@H]2C[C@H](CC(=O)OC)OC(C)(C)O2)c(C(C)C)n1. The van der Waals surface area contributed by atoms with E-state index in [1.165, 1.54) is 26.2 Å². The molecule has 1 saturated heterocycles. The Morgan fingerprint density at radius 2 is 1.92 bits per heavy atom. The van der Waals surface area contributed by atoms with E-state index in [1.807, 2.05) is 26.0 Å². The van der Waals surface area contributed by atoms with Gasteiger partial charge < -0.3 is 14.2 Å². The minimum absolute atomic E-state index is 0.0522. The highest BCUT2D eigenvalue weighted by Gasteiger charge is 2.35. The molecule has 37 heavy (non-hydrogen) atoms. The fourth-order valence-corrected chi connectivity index (χ4v) is 4.55. The van der Waals surface area contributed by atoms with Gasteiger partial charge in [-0.15, -0.1) is 0 Å². The third-order valence-electron chi connectivity index (χ3n) is 5.75. The van der Waals surface area contributed by atoms with Gasteiger partial charge in [-0.3, -0.25) is 9.52 Å². The van der Waals surface area contributed by atoms with Crippen LogP contribution in [0, 0.1) is 5.82 Å². The predicted molar refractivity (Wildman–Crippen MR) is 139 cm³/mol. The molecule has 3 rings (SSSR count). The Hall–Kier alpha value is -2.89. The number of halogens is 1. The van der Waals surface area contributed by atoms with Crippen molar-refractivity contribution < 1.29 is 31.8 Å². The number of aromatic nitrogens is 2. The Morgan fingerprint density at radius 3 is 2.51 bits per heavy atom. The van der Waals surface area contributed by atoms with Gasteiger partial charge in [-0.05, 0) is 51.0 Å². The summed E-state index contributed by atoms with van der Waals surface area (Å²) >= 11 is 0. The van der Waals surface area contributed by atoms with Crippen LogP contribution in [0.15, 0.2) is 30.3 Å². The molecule has 1 aliphatic rings. The van der Waals surface area contributed by atoms with Crippen LogP contribution in [0.2, 0.25) is 0 Å². The van der Waals surface area contributed by atoms with Crippen LogP contribution < -0.4 is 4.72 Å². The molecule has 0 radical (unpaired) electrons. The molecular weight excluding hydrogens is 501 g/mol. The van der Waals surface area contributed by atoms with Gasteiger partial charge in [0.05, 0.1) is 42.9 Å². The maximum absolute atomic E-state index is 13.7. The zero-order valence-electron chi connectivity index (χ0n) is 21.9. The van der Waals surface area contributed by atoms with E-state index in [2.05, 4.69) is 14.7 Å². The normalized spacial score (nSPS) is 19.8. The quantitative estimate of drug-likeness (QED) is 0.461. The Kier molecular flexibility index (Phi) is 9.04. The van der Waals surface area contributed by atoms with E-state index < -0.39 is 33.8 Å². The Balaban J connectivity index is 2.07. The first-order valence-corrected chi connectivity index (χ1v) is 13.8. The molecular formula is C26H34FN3O6S. The summed E-state index contributed by atoms with van der Waals surface area (Å²) in [5.74, 6) is -1.98. The average Bonchev–Trinajstić information content (AvgIpc) is 2.81. The number of sulfonamides is 1. The number of hydrogen-bond acceptors (Lipinski definition) is 8. The number of rotatable bonds is 9. The lowest BCUT2D eigenvalue weighted by Crippen LogP contribution is -2.44. The second-order valence-electron chi connectivity index (χ2n) is 9.53. The third-order valence-corrected chi connectivity index (χ3v) is 7.00. The van der Waals surface area contributed by atoms with Crippen molar-refractivity contribution in [2.45, 2.75) is 71.4 Å². The fourth-order valence-electron chi connectivity index (χ4n) is 4.04. The molecule has 2 aromatic rings. The molecule has 2 atom stereocenters. The second kappa shape index (κ2) is 11.7. The molecule has 1 aliphatic heterocycles. The zero-order valence-corrected chi connectivity index (χ0v) is 22.8. The molecule has 0 bridgehead atoms. The second-order valence-corrected chi connectivity index (χ2v) is 11.5. The summed E-state index contributed by atoms with van der Waals surface area (Å²) in [4.78, 5) is 20.8. The highest BCUT2D eigenvalue weighted by Crippen LogP contribution is 2.33. The van der Waals surface area contributed by atoms with E-state index in [0.29, 0.717) is 28.9 Å². The van der Waals surface area contributed by atoms with E-state index in [1.54, 1.807) is 26.0 Å². The van der Waals surface area contributed by atoms with Crippen LogP contribution in [0.25, 0.3) is 17.3 Å². The number of esters is 1. The lowest BCUT2D eigenvalue weighted by Gasteiger charge is -2.39. The first-order valence-electron chi connectivity index (χ1n) is 12.1. The van der Waals surface area contributed by atoms with Crippen LogP contribution in [0.4, 0.5) is 10.3 Å². The number of hydrogen-bond donors (Lipinski definition) is 1.